The standard InChI is InChI=1S/C19H18N4O7/c1-26-13-8-11(20-18(21-13)29-4)10-6-5-7-12(16(10)17(24)25)30-19-22-14(27-2)9-15(23-19)28-3/h5-9H,1-4H3,(H,24,25). The molecule has 1 aromatic carbocycles. The van der Waals surface area contributed by atoms with Crippen molar-refractivity contribution in [3.05, 3.63) is 35.9 Å². The highest BCUT2D eigenvalue weighted by Crippen LogP contribution is 2.34. The molecule has 0 atom stereocenters. The highest BCUT2D eigenvalue weighted by atomic mass is 16.5. The lowest BCUT2D eigenvalue weighted by Crippen LogP contribution is -2.06. The Morgan fingerprint density at radius 3 is 1.97 bits per heavy atom. The minimum absolute atomic E-state index is 0.00754. The van der Waals surface area contributed by atoms with Crippen molar-refractivity contribution in [3.63, 3.8) is 0 Å². The highest BCUT2D eigenvalue weighted by Gasteiger charge is 2.22. The van der Waals surface area contributed by atoms with Crippen LogP contribution in [-0.2, 0) is 0 Å². The van der Waals surface area contributed by atoms with Crippen LogP contribution in [0.4, 0.5) is 0 Å². The predicted octanol–water partition coefficient (Wildman–Crippen LogP) is 2.46. The van der Waals surface area contributed by atoms with Gasteiger partial charge < -0.3 is 28.8 Å². The van der Waals surface area contributed by atoms with Gasteiger partial charge in [-0.2, -0.15) is 19.9 Å². The van der Waals surface area contributed by atoms with Crippen molar-refractivity contribution in [2.24, 2.45) is 0 Å². The largest absolute Gasteiger partial charge is 0.481 e. The molecule has 0 saturated heterocycles. The van der Waals surface area contributed by atoms with E-state index in [2.05, 4.69) is 19.9 Å². The second-order valence-corrected chi connectivity index (χ2v) is 5.60. The van der Waals surface area contributed by atoms with E-state index >= 15 is 0 Å². The fraction of sp³-hybridized carbons (Fsp3) is 0.211. The van der Waals surface area contributed by atoms with E-state index in [4.69, 9.17) is 23.7 Å². The van der Waals surface area contributed by atoms with Gasteiger partial charge >= 0.3 is 18.0 Å². The number of carboxylic acid groups (broad SMARTS) is 1. The molecule has 2 aromatic heterocycles. The van der Waals surface area contributed by atoms with E-state index in [1.54, 1.807) is 12.1 Å². The summed E-state index contributed by atoms with van der Waals surface area (Å²) in [5.74, 6) is -0.662. The Balaban J connectivity index is 2.12. The van der Waals surface area contributed by atoms with Crippen molar-refractivity contribution >= 4 is 5.97 Å². The average Bonchev–Trinajstić information content (AvgIpc) is 2.77. The lowest BCUT2D eigenvalue weighted by molar-refractivity contribution is 0.0695. The van der Waals surface area contributed by atoms with Crippen molar-refractivity contribution in [1.29, 1.82) is 0 Å². The molecule has 30 heavy (non-hydrogen) atoms. The van der Waals surface area contributed by atoms with E-state index in [9.17, 15) is 9.90 Å². The molecule has 0 saturated carbocycles. The van der Waals surface area contributed by atoms with Gasteiger partial charge in [-0.3, -0.25) is 0 Å². The van der Waals surface area contributed by atoms with Crippen LogP contribution in [0.15, 0.2) is 30.3 Å². The number of hydrogen-bond acceptors (Lipinski definition) is 10. The first-order valence-electron chi connectivity index (χ1n) is 8.47. The zero-order chi connectivity index (χ0) is 21.7. The summed E-state index contributed by atoms with van der Waals surface area (Å²) in [6.45, 7) is 0. The number of aromatic carboxylic acids is 1. The molecule has 0 amide bonds. The van der Waals surface area contributed by atoms with Crippen LogP contribution in [0.1, 0.15) is 10.4 Å². The Morgan fingerprint density at radius 1 is 0.800 bits per heavy atom. The van der Waals surface area contributed by atoms with Crippen molar-refractivity contribution in [2.75, 3.05) is 28.4 Å². The smallest absolute Gasteiger partial charge is 0.340 e. The molecule has 0 aliphatic heterocycles. The maximum atomic E-state index is 12.1. The lowest BCUT2D eigenvalue weighted by Gasteiger charge is -2.13. The van der Waals surface area contributed by atoms with Crippen LogP contribution < -0.4 is 23.7 Å². The van der Waals surface area contributed by atoms with Gasteiger partial charge in [-0.25, -0.2) is 4.79 Å². The minimum atomic E-state index is -1.24. The third-order valence-corrected chi connectivity index (χ3v) is 3.87. The second-order valence-electron chi connectivity index (χ2n) is 5.60. The van der Waals surface area contributed by atoms with Crippen LogP contribution in [-0.4, -0.2) is 59.5 Å². The zero-order valence-corrected chi connectivity index (χ0v) is 16.6. The first-order chi connectivity index (χ1) is 14.5. The molecular formula is C19H18N4O7. The molecule has 3 aromatic rings. The lowest BCUT2D eigenvalue weighted by atomic mass is 10.0. The Hall–Kier alpha value is -4.15. The number of hydrogen-bond donors (Lipinski definition) is 1. The molecular weight excluding hydrogens is 396 g/mol. The molecule has 11 nitrogen and oxygen atoms in total. The van der Waals surface area contributed by atoms with Crippen LogP contribution in [0.5, 0.6) is 35.4 Å². The van der Waals surface area contributed by atoms with Gasteiger partial charge in [0.05, 0.1) is 40.2 Å². The van der Waals surface area contributed by atoms with Crippen LogP contribution in [0, 0.1) is 0 Å². The second kappa shape index (κ2) is 8.90. The van der Waals surface area contributed by atoms with Gasteiger partial charge in [0.2, 0.25) is 17.6 Å². The van der Waals surface area contributed by atoms with E-state index in [0.29, 0.717) is 0 Å². The Bertz CT molecular complexity index is 1030. The third kappa shape index (κ3) is 4.29. The third-order valence-electron chi connectivity index (χ3n) is 3.87. The number of ether oxygens (including phenoxy) is 5. The van der Waals surface area contributed by atoms with Gasteiger partial charge in [-0.05, 0) is 6.07 Å². The van der Waals surface area contributed by atoms with Gasteiger partial charge in [0.15, 0.2) is 0 Å². The molecule has 0 aliphatic carbocycles. The quantitative estimate of drug-likeness (QED) is 0.582. The van der Waals surface area contributed by atoms with E-state index in [1.165, 1.54) is 46.6 Å². The molecule has 0 unspecified atom stereocenters. The molecule has 3 rings (SSSR count). The average molecular weight is 414 g/mol. The van der Waals surface area contributed by atoms with E-state index < -0.39 is 5.97 Å². The number of aromatic nitrogens is 4. The monoisotopic (exact) mass is 414 g/mol. The maximum Gasteiger partial charge on any atom is 0.340 e. The Labute approximate surface area is 171 Å². The minimum Gasteiger partial charge on any atom is -0.481 e. The molecule has 11 heteroatoms. The van der Waals surface area contributed by atoms with Crippen molar-refractivity contribution < 1.29 is 33.6 Å². The van der Waals surface area contributed by atoms with Gasteiger partial charge in [0.25, 0.3) is 0 Å². The van der Waals surface area contributed by atoms with Crippen LogP contribution >= 0.6 is 0 Å². The summed E-state index contributed by atoms with van der Waals surface area (Å²) in [5.41, 5.74) is 0.366. The summed E-state index contributed by atoms with van der Waals surface area (Å²) < 4.78 is 26.0. The molecule has 0 bridgehead atoms. The normalized spacial score (nSPS) is 10.3. The maximum absolute atomic E-state index is 12.1. The fourth-order valence-electron chi connectivity index (χ4n) is 2.52. The van der Waals surface area contributed by atoms with Crippen molar-refractivity contribution in [1.82, 2.24) is 19.9 Å². The molecule has 0 fully saturated rings. The summed E-state index contributed by atoms with van der Waals surface area (Å²) >= 11 is 0. The van der Waals surface area contributed by atoms with E-state index in [-0.39, 0.29) is 52.2 Å². The zero-order valence-electron chi connectivity index (χ0n) is 16.6. The number of nitrogens with zero attached hydrogens (tertiary/aromatic N) is 4. The number of carboxylic acids is 1. The number of benzene rings is 1. The molecule has 156 valence electrons. The summed E-state index contributed by atoms with van der Waals surface area (Å²) in [5, 5.41) is 9.86. The number of methoxy groups -OCH3 is 4. The number of carbonyl (C=O) groups is 1. The van der Waals surface area contributed by atoms with Crippen LogP contribution in [0.25, 0.3) is 11.3 Å². The first-order valence-corrected chi connectivity index (χ1v) is 8.47. The molecule has 0 spiro atoms. The van der Waals surface area contributed by atoms with E-state index in [0.717, 1.165) is 0 Å². The SMILES string of the molecule is COc1cc(-c2cccc(Oc3nc(OC)cc(OC)n3)c2C(=O)O)nc(OC)n1. The summed E-state index contributed by atoms with van der Waals surface area (Å²) in [4.78, 5) is 28.4. The Morgan fingerprint density at radius 2 is 1.40 bits per heavy atom. The van der Waals surface area contributed by atoms with Gasteiger partial charge in [0.1, 0.15) is 11.3 Å². The molecule has 0 radical (unpaired) electrons. The molecule has 1 N–H and O–H groups in total. The molecule has 2 heterocycles. The Kier molecular flexibility index (Phi) is 6.11. The van der Waals surface area contributed by atoms with Crippen LogP contribution in [0.2, 0.25) is 0 Å². The van der Waals surface area contributed by atoms with Crippen LogP contribution in [0.3, 0.4) is 0 Å². The van der Waals surface area contributed by atoms with Gasteiger partial charge in [-0.1, -0.05) is 12.1 Å². The number of rotatable bonds is 8. The molecule has 0 aliphatic rings. The van der Waals surface area contributed by atoms with Crippen molar-refractivity contribution in [3.8, 4) is 46.7 Å². The van der Waals surface area contributed by atoms with Crippen molar-refractivity contribution in [2.45, 2.75) is 0 Å². The van der Waals surface area contributed by atoms with E-state index in [1.807, 2.05) is 0 Å². The topological polar surface area (TPSA) is 135 Å². The summed E-state index contributed by atoms with van der Waals surface area (Å²) in [6.07, 6.45) is 0. The summed E-state index contributed by atoms with van der Waals surface area (Å²) in [7, 11) is 5.66. The summed E-state index contributed by atoms with van der Waals surface area (Å²) in [6, 6.07) is 7.47. The van der Waals surface area contributed by atoms with Gasteiger partial charge in [-0.15, -0.1) is 0 Å². The predicted molar refractivity (Wildman–Crippen MR) is 103 cm³/mol. The fourth-order valence-corrected chi connectivity index (χ4v) is 2.52. The highest BCUT2D eigenvalue weighted by molar-refractivity contribution is 5.98. The first kappa shape index (κ1) is 20.6. The van der Waals surface area contributed by atoms with Gasteiger partial charge in [0, 0.05) is 11.6 Å².